The maximum Gasteiger partial charge on any atom is 0.156 e. The summed E-state index contributed by atoms with van der Waals surface area (Å²) in [6, 6.07) is 3.64. The Bertz CT molecular complexity index is 830. The van der Waals surface area contributed by atoms with Crippen molar-refractivity contribution in [3.05, 3.63) is 35.4 Å². The normalized spacial score (nSPS) is 13.4. The van der Waals surface area contributed by atoms with Crippen molar-refractivity contribution in [2.24, 2.45) is 0 Å². The predicted octanol–water partition coefficient (Wildman–Crippen LogP) is 3.40. The molecule has 0 bridgehead atoms. The van der Waals surface area contributed by atoms with Crippen LogP contribution in [0.1, 0.15) is 11.1 Å². The van der Waals surface area contributed by atoms with Crippen molar-refractivity contribution in [3.8, 4) is 23.0 Å². The van der Waals surface area contributed by atoms with E-state index in [2.05, 4.69) is 0 Å². The Morgan fingerprint density at radius 3 is 1.48 bits per heavy atom. The molecule has 133 valence electrons. The first-order valence-corrected chi connectivity index (χ1v) is 7.66. The van der Waals surface area contributed by atoms with E-state index in [1.54, 1.807) is 42.7 Å². The van der Waals surface area contributed by atoms with Gasteiger partial charge in [0.05, 0.1) is 46.5 Å². The third-order valence-electron chi connectivity index (χ3n) is 4.33. The molecule has 25 heavy (non-hydrogen) atoms. The van der Waals surface area contributed by atoms with Crippen molar-refractivity contribution in [1.29, 1.82) is 0 Å². The summed E-state index contributed by atoms with van der Waals surface area (Å²) in [5.41, 5.74) is 1.60. The van der Waals surface area contributed by atoms with Gasteiger partial charge in [-0.2, -0.15) is 0 Å². The van der Waals surface area contributed by atoms with Crippen LogP contribution in [0.25, 0.3) is 16.5 Å². The molecule has 0 saturated carbocycles. The monoisotopic (exact) mass is 345 g/mol. The highest BCUT2D eigenvalue weighted by molar-refractivity contribution is 6.08. The summed E-state index contributed by atoms with van der Waals surface area (Å²) in [6.45, 7) is 0. The van der Waals surface area contributed by atoms with Crippen LogP contribution in [0.3, 0.4) is 0 Å². The second-order valence-corrected chi connectivity index (χ2v) is 5.34. The van der Waals surface area contributed by atoms with E-state index < -0.39 is 0 Å². The third kappa shape index (κ3) is 2.44. The maximum atomic E-state index is 5.59. The molecule has 0 N–H and O–H groups in total. The maximum absolute atomic E-state index is 5.59. The van der Waals surface area contributed by atoms with Crippen LogP contribution in [0.15, 0.2) is 18.2 Å². The van der Waals surface area contributed by atoms with Crippen LogP contribution in [0, 0.1) is 6.10 Å². The molecule has 0 fully saturated rings. The molecule has 0 saturated heterocycles. The van der Waals surface area contributed by atoms with Gasteiger partial charge in [0.25, 0.3) is 0 Å². The van der Waals surface area contributed by atoms with E-state index in [1.165, 1.54) is 0 Å². The molecule has 1 radical (unpaired) electrons. The number of hydrogen-bond acceptors (Lipinski definition) is 6. The Hall–Kier alpha value is -2.60. The summed E-state index contributed by atoms with van der Waals surface area (Å²) in [7, 11) is 9.65. The number of ether oxygens (including phenoxy) is 6. The van der Waals surface area contributed by atoms with Gasteiger partial charge < -0.3 is 28.4 Å². The topological polar surface area (TPSA) is 55.4 Å². The SMILES string of the molecule is CO[C]1C=C(OC)c2c(OC)cc(OC)c3c(OC)cc(OC)c1c23. The Kier molecular flexibility index (Phi) is 4.63. The van der Waals surface area contributed by atoms with E-state index in [4.69, 9.17) is 28.4 Å². The zero-order chi connectivity index (χ0) is 18.1. The van der Waals surface area contributed by atoms with E-state index in [-0.39, 0.29) is 0 Å². The number of rotatable bonds is 6. The minimum atomic E-state index is 0.629. The van der Waals surface area contributed by atoms with Gasteiger partial charge in [-0.3, -0.25) is 0 Å². The standard InChI is InChI=1S/C19H21O6/c1-20-10-7-11(21-2)17-14(24-5)9-15(25-6)18-13(23-4)8-12(22-3)16(10)19(17)18/h7-9H,1-6H3. The summed E-state index contributed by atoms with van der Waals surface area (Å²) in [5.74, 6) is 3.14. The molecule has 0 amide bonds. The van der Waals surface area contributed by atoms with E-state index in [0.717, 1.165) is 21.9 Å². The van der Waals surface area contributed by atoms with Crippen molar-refractivity contribution in [3.63, 3.8) is 0 Å². The quantitative estimate of drug-likeness (QED) is 0.800. The van der Waals surface area contributed by atoms with Crippen LogP contribution in [-0.2, 0) is 9.47 Å². The summed E-state index contributed by atoms with van der Waals surface area (Å²) in [5, 5.41) is 1.64. The average molecular weight is 345 g/mol. The van der Waals surface area contributed by atoms with E-state index in [1.807, 2.05) is 18.2 Å². The number of methoxy groups -OCH3 is 6. The molecule has 6 nitrogen and oxygen atoms in total. The minimum Gasteiger partial charge on any atom is -0.496 e. The largest absolute Gasteiger partial charge is 0.496 e. The highest BCUT2D eigenvalue weighted by Gasteiger charge is 2.33. The molecule has 0 heterocycles. The molecule has 6 heteroatoms. The second kappa shape index (κ2) is 6.72. The fourth-order valence-corrected chi connectivity index (χ4v) is 3.23. The fourth-order valence-electron chi connectivity index (χ4n) is 3.23. The van der Waals surface area contributed by atoms with Crippen LogP contribution in [0.4, 0.5) is 0 Å². The number of hydrogen-bond donors (Lipinski definition) is 0. The van der Waals surface area contributed by atoms with Gasteiger partial charge in [-0.05, 0) is 6.08 Å². The van der Waals surface area contributed by atoms with Crippen molar-refractivity contribution in [2.75, 3.05) is 42.7 Å². The van der Waals surface area contributed by atoms with Gasteiger partial charge in [0.15, 0.2) is 6.10 Å². The van der Waals surface area contributed by atoms with Crippen molar-refractivity contribution in [1.82, 2.24) is 0 Å². The average Bonchev–Trinajstić information content (AvgIpc) is 2.67. The van der Waals surface area contributed by atoms with Gasteiger partial charge in [-0.25, -0.2) is 0 Å². The molecule has 1 aliphatic rings. The van der Waals surface area contributed by atoms with E-state index in [9.17, 15) is 0 Å². The smallest absolute Gasteiger partial charge is 0.156 e. The second-order valence-electron chi connectivity index (χ2n) is 5.34. The van der Waals surface area contributed by atoms with Crippen molar-refractivity contribution >= 4 is 16.5 Å². The van der Waals surface area contributed by atoms with Gasteiger partial charge >= 0.3 is 0 Å². The van der Waals surface area contributed by atoms with E-state index >= 15 is 0 Å². The summed E-state index contributed by atoms with van der Waals surface area (Å²) >= 11 is 0. The lowest BCUT2D eigenvalue weighted by Gasteiger charge is -2.27. The third-order valence-corrected chi connectivity index (χ3v) is 4.33. The van der Waals surface area contributed by atoms with Gasteiger partial charge in [0, 0.05) is 30.2 Å². The molecular formula is C19H21O6. The molecule has 2 aromatic carbocycles. The lowest BCUT2D eigenvalue weighted by atomic mass is 9.87. The Morgan fingerprint density at radius 1 is 0.520 bits per heavy atom. The molecule has 0 spiro atoms. The zero-order valence-electron chi connectivity index (χ0n) is 15.2. The zero-order valence-corrected chi connectivity index (χ0v) is 15.2. The van der Waals surface area contributed by atoms with Crippen LogP contribution in [-0.4, -0.2) is 42.7 Å². The van der Waals surface area contributed by atoms with Gasteiger partial charge in [-0.15, -0.1) is 0 Å². The Balaban J connectivity index is 2.58. The van der Waals surface area contributed by atoms with Crippen LogP contribution in [0.2, 0.25) is 0 Å². The highest BCUT2D eigenvalue weighted by Crippen LogP contribution is 2.52. The summed E-state index contributed by atoms with van der Waals surface area (Å²) in [6.07, 6.45) is 2.45. The van der Waals surface area contributed by atoms with Gasteiger partial charge in [0.2, 0.25) is 0 Å². The first-order chi connectivity index (χ1) is 12.1. The van der Waals surface area contributed by atoms with Crippen molar-refractivity contribution < 1.29 is 28.4 Å². The van der Waals surface area contributed by atoms with Crippen LogP contribution >= 0.6 is 0 Å². The number of benzene rings is 2. The molecule has 1 aliphatic carbocycles. The molecular weight excluding hydrogens is 324 g/mol. The van der Waals surface area contributed by atoms with Crippen molar-refractivity contribution in [2.45, 2.75) is 0 Å². The predicted molar refractivity (Wildman–Crippen MR) is 94.5 cm³/mol. The van der Waals surface area contributed by atoms with Crippen LogP contribution < -0.4 is 18.9 Å². The fraction of sp³-hybridized carbons (Fsp3) is 0.316. The van der Waals surface area contributed by atoms with Gasteiger partial charge in [-0.1, -0.05) is 0 Å². The molecule has 0 unspecified atom stereocenters. The highest BCUT2D eigenvalue weighted by atomic mass is 16.5. The molecule has 2 aromatic rings. The van der Waals surface area contributed by atoms with Crippen LogP contribution in [0.5, 0.6) is 23.0 Å². The lowest BCUT2D eigenvalue weighted by Crippen LogP contribution is -2.12. The molecule has 3 rings (SSSR count). The molecule has 0 aliphatic heterocycles. The Labute approximate surface area is 146 Å². The summed E-state index contributed by atoms with van der Waals surface area (Å²) < 4.78 is 33.5. The van der Waals surface area contributed by atoms with Gasteiger partial charge in [0.1, 0.15) is 28.8 Å². The first-order valence-electron chi connectivity index (χ1n) is 7.66. The lowest BCUT2D eigenvalue weighted by molar-refractivity contribution is 0.246. The van der Waals surface area contributed by atoms with E-state index in [0.29, 0.717) is 34.9 Å². The minimum absolute atomic E-state index is 0.629. The Morgan fingerprint density at radius 2 is 1.04 bits per heavy atom. The summed E-state index contributed by atoms with van der Waals surface area (Å²) in [4.78, 5) is 0. The molecule has 0 aromatic heterocycles. The first kappa shape index (κ1) is 17.2. The molecule has 0 atom stereocenters.